The highest BCUT2D eigenvalue weighted by Gasteiger charge is 2.18. The molecule has 6 heteroatoms. The number of aryl methyl sites for hydroxylation is 2. The van der Waals surface area contributed by atoms with Crippen LogP contribution >= 0.6 is 0 Å². The van der Waals surface area contributed by atoms with Crippen LogP contribution in [-0.2, 0) is 11.8 Å². The van der Waals surface area contributed by atoms with E-state index in [4.69, 9.17) is 0 Å². The van der Waals surface area contributed by atoms with E-state index < -0.39 is 6.04 Å². The van der Waals surface area contributed by atoms with Crippen molar-refractivity contribution in [3.05, 3.63) is 28.3 Å². The first kappa shape index (κ1) is 14.3. The second kappa shape index (κ2) is 5.48. The average molecular weight is 276 g/mol. The molecule has 108 valence electrons. The standard InChI is InChI=1S/C14H20N4O2/c1-5-7-15-13(19)10(3)18-8-6-11-9(2)16-17(4)12(11)14(18)20/h6,8,10H,5,7H2,1-4H3,(H,15,19). The molecule has 0 aliphatic rings. The average Bonchev–Trinajstić information content (AvgIpc) is 2.71. The Bertz CT molecular complexity index is 699. The van der Waals surface area contributed by atoms with Crippen LogP contribution < -0.4 is 10.9 Å². The third-order valence-electron chi connectivity index (χ3n) is 3.45. The van der Waals surface area contributed by atoms with Crippen molar-refractivity contribution >= 4 is 16.8 Å². The van der Waals surface area contributed by atoms with Crippen molar-refractivity contribution in [3.8, 4) is 0 Å². The summed E-state index contributed by atoms with van der Waals surface area (Å²) in [4.78, 5) is 24.5. The lowest BCUT2D eigenvalue weighted by molar-refractivity contribution is -0.123. The summed E-state index contributed by atoms with van der Waals surface area (Å²) < 4.78 is 3.02. The maximum absolute atomic E-state index is 12.5. The van der Waals surface area contributed by atoms with E-state index in [1.807, 2.05) is 19.9 Å². The fourth-order valence-electron chi connectivity index (χ4n) is 2.30. The van der Waals surface area contributed by atoms with Gasteiger partial charge in [-0.1, -0.05) is 6.92 Å². The summed E-state index contributed by atoms with van der Waals surface area (Å²) >= 11 is 0. The molecule has 2 aromatic heterocycles. The van der Waals surface area contributed by atoms with Gasteiger partial charge in [0, 0.05) is 25.2 Å². The van der Waals surface area contributed by atoms with Crippen LogP contribution in [0.2, 0.25) is 0 Å². The molecule has 0 aromatic carbocycles. The van der Waals surface area contributed by atoms with E-state index in [1.54, 1.807) is 24.9 Å². The van der Waals surface area contributed by atoms with Crippen molar-refractivity contribution in [2.75, 3.05) is 6.54 Å². The van der Waals surface area contributed by atoms with E-state index in [1.165, 1.54) is 4.57 Å². The molecule has 20 heavy (non-hydrogen) atoms. The van der Waals surface area contributed by atoms with Gasteiger partial charge >= 0.3 is 0 Å². The van der Waals surface area contributed by atoms with E-state index in [-0.39, 0.29) is 11.5 Å². The molecular formula is C14H20N4O2. The van der Waals surface area contributed by atoms with Crippen molar-refractivity contribution in [2.24, 2.45) is 7.05 Å². The van der Waals surface area contributed by atoms with Crippen LogP contribution in [0, 0.1) is 6.92 Å². The Kier molecular flexibility index (Phi) is 3.92. The molecule has 0 aliphatic carbocycles. The number of carbonyl (C=O) groups excluding carboxylic acids is 1. The molecule has 0 aliphatic heterocycles. The maximum atomic E-state index is 12.5. The molecule has 2 aromatic rings. The molecule has 1 N–H and O–H groups in total. The van der Waals surface area contributed by atoms with E-state index in [0.717, 1.165) is 17.5 Å². The van der Waals surface area contributed by atoms with Crippen LogP contribution in [0.1, 0.15) is 32.0 Å². The highest BCUT2D eigenvalue weighted by Crippen LogP contribution is 2.14. The zero-order chi connectivity index (χ0) is 14.9. The smallest absolute Gasteiger partial charge is 0.277 e. The lowest BCUT2D eigenvalue weighted by Crippen LogP contribution is -2.36. The number of pyridine rings is 1. The van der Waals surface area contributed by atoms with E-state index in [9.17, 15) is 9.59 Å². The van der Waals surface area contributed by atoms with Crippen LogP contribution in [0.25, 0.3) is 10.9 Å². The first-order valence-electron chi connectivity index (χ1n) is 6.79. The van der Waals surface area contributed by atoms with E-state index in [0.29, 0.717) is 12.1 Å². The highest BCUT2D eigenvalue weighted by atomic mass is 16.2. The predicted octanol–water partition coefficient (Wildman–Crippen LogP) is 1.13. The van der Waals surface area contributed by atoms with Gasteiger partial charge in [-0.25, -0.2) is 0 Å². The number of fused-ring (bicyclic) bond motifs is 1. The normalized spacial score (nSPS) is 12.6. The molecule has 1 atom stereocenters. The quantitative estimate of drug-likeness (QED) is 0.910. The molecule has 0 saturated carbocycles. The van der Waals surface area contributed by atoms with Gasteiger partial charge in [0.15, 0.2) is 0 Å². The zero-order valence-electron chi connectivity index (χ0n) is 12.3. The number of nitrogens with zero attached hydrogens (tertiary/aromatic N) is 3. The lowest BCUT2D eigenvalue weighted by atomic mass is 10.2. The minimum atomic E-state index is -0.534. The summed E-state index contributed by atoms with van der Waals surface area (Å²) in [5.74, 6) is -0.146. The van der Waals surface area contributed by atoms with Crippen molar-refractivity contribution in [1.82, 2.24) is 19.7 Å². The van der Waals surface area contributed by atoms with Crippen molar-refractivity contribution in [1.29, 1.82) is 0 Å². The molecule has 1 amide bonds. The topological polar surface area (TPSA) is 68.9 Å². The first-order valence-corrected chi connectivity index (χ1v) is 6.79. The summed E-state index contributed by atoms with van der Waals surface area (Å²) in [6.07, 6.45) is 2.53. The Labute approximate surface area is 117 Å². The van der Waals surface area contributed by atoms with Crippen molar-refractivity contribution < 1.29 is 4.79 Å². The molecule has 2 heterocycles. The van der Waals surface area contributed by atoms with Crippen molar-refractivity contribution in [3.63, 3.8) is 0 Å². The van der Waals surface area contributed by atoms with Crippen LogP contribution in [0.5, 0.6) is 0 Å². The number of nitrogens with one attached hydrogen (secondary N) is 1. The summed E-state index contributed by atoms with van der Waals surface area (Å²) in [6, 6.07) is 1.30. The zero-order valence-corrected chi connectivity index (χ0v) is 12.3. The van der Waals surface area contributed by atoms with E-state index >= 15 is 0 Å². The minimum Gasteiger partial charge on any atom is -0.354 e. The Balaban J connectivity index is 2.46. The Morgan fingerprint density at radius 2 is 2.20 bits per heavy atom. The molecule has 0 saturated heterocycles. The van der Waals surface area contributed by atoms with E-state index in [2.05, 4.69) is 10.4 Å². The summed E-state index contributed by atoms with van der Waals surface area (Å²) in [5.41, 5.74) is 1.15. The number of hydrogen-bond acceptors (Lipinski definition) is 3. The fourth-order valence-corrected chi connectivity index (χ4v) is 2.30. The molecule has 1 unspecified atom stereocenters. The summed E-state index contributed by atoms with van der Waals surface area (Å²) in [6.45, 7) is 6.19. The third kappa shape index (κ3) is 2.33. The summed E-state index contributed by atoms with van der Waals surface area (Å²) in [5, 5.41) is 7.88. The number of rotatable bonds is 4. The lowest BCUT2D eigenvalue weighted by Gasteiger charge is -2.15. The van der Waals surface area contributed by atoms with Gasteiger partial charge in [0.05, 0.1) is 5.69 Å². The Morgan fingerprint density at radius 1 is 1.50 bits per heavy atom. The number of hydrogen-bond donors (Lipinski definition) is 1. The SMILES string of the molecule is CCCNC(=O)C(C)n1ccc2c(C)nn(C)c2c1=O. The van der Waals surface area contributed by atoms with Gasteiger partial charge in [-0.2, -0.15) is 5.10 Å². The molecule has 0 bridgehead atoms. The van der Waals surface area contributed by atoms with Crippen LogP contribution in [0.15, 0.2) is 17.1 Å². The fraction of sp³-hybridized carbons (Fsp3) is 0.500. The molecule has 0 radical (unpaired) electrons. The minimum absolute atomic E-state index is 0.146. The number of amides is 1. The largest absolute Gasteiger partial charge is 0.354 e. The molecule has 2 rings (SSSR count). The molecular weight excluding hydrogens is 256 g/mol. The van der Waals surface area contributed by atoms with Gasteiger partial charge < -0.3 is 9.88 Å². The van der Waals surface area contributed by atoms with Gasteiger partial charge in [0.2, 0.25) is 5.91 Å². The Hall–Kier alpha value is -2.11. The third-order valence-corrected chi connectivity index (χ3v) is 3.45. The Morgan fingerprint density at radius 3 is 2.85 bits per heavy atom. The van der Waals surface area contributed by atoms with Gasteiger partial charge in [0.1, 0.15) is 11.6 Å². The number of aromatic nitrogens is 3. The molecule has 0 spiro atoms. The van der Waals surface area contributed by atoms with Crippen molar-refractivity contribution in [2.45, 2.75) is 33.2 Å². The number of carbonyl (C=O) groups is 1. The molecule has 6 nitrogen and oxygen atoms in total. The van der Waals surface area contributed by atoms with Crippen LogP contribution in [-0.4, -0.2) is 26.8 Å². The second-order valence-corrected chi connectivity index (χ2v) is 4.97. The maximum Gasteiger partial charge on any atom is 0.277 e. The van der Waals surface area contributed by atoms with Gasteiger partial charge in [-0.3, -0.25) is 14.3 Å². The molecule has 0 fully saturated rings. The van der Waals surface area contributed by atoms with Crippen LogP contribution in [0.3, 0.4) is 0 Å². The summed E-state index contributed by atoms with van der Waals surface area (Å²) in [7, 11) is 1.74. The first-order chi connectivity index (χ1) is 9.47. The monoisotopic (exact) mass is 276 g/mol. The predicted molar refractivity (Wildman–Crippen MR) is 77.7 cm³/mol. The van der Waals surface area contributed by atoms with Gasteiger partial charge in [0.25, 0.3) is 5.56 Å². The highest BCUT2D eigenvalue weighted by molar-refractivity contribution is 5.83. The van der Waals surface area contributed by atoms with Crippen LogP contribution in [0.4, 0.5) is 0 Å². The second-order valence-electron chi connectivity index (χ2n) is 4.97. The van der Waals surface area contributed by atoms with Gasteiger partial charge in [-0.05, 0) is 26.3 Å². The van der Waals surface area contributed by atoms with Gasteiger partial charge in [-0.15, -0.1) is 0 Å².